The highest BCUT2D eigenvalue weighted by molar-refractivity contribution is 5.63. The maximum atomic E-state index is 10.9. The van der Waals surface area contributed by atoms with Gasteiger partial charge in [0.05, 0.1) is 4.92 Å². The van der Waals surface area contributed by atoms with Crippen LogP contribution in [0.3, 0.4) is 0 Å². The molecule has 0 aromatic heterocycles. The molecule has 5 nitrogen and oxygen atoms in total. The minimum atomic E-state index is -0.359. The van der Waals surface area contributed by atoms with Gasteiger partial charge in [0.15, 0.2) is 0 Å². The van der Waals surface area contributed by atoms with Gasteiger partial charge in [-0.1, -0.05) is 20.8 Å². The van der Waals surface area contributed by atoms with Crippen molar-refractivity contribution in [3.05, 3.63) is 28.3 Å². The lowest BCUT2D eigenvalue weighted by molar-refractivity contribution is -0.384. The first-order chi connectivity index (χ1) is 8.97. The minimum absolute atomic E-state index is 0.111. The average molecular weight is 265 g/mol. The Morgan fingerprint density at radius 3 is 2.32 bits per heavy atom. The SMILES string of the molecule is CCNc1cc(NC(CC)C(C)C)cc([N+](=O)[O-])c1. The molecule has 19 heavy (non-hydrogen) atoms. The Balaban J connectivity index is 3.01. The van der Waals surface area contributed by atoms with Crippen LogP contribution in [0.25, 0.3) is 0 Å². The molecule has 1 atom stereocenters. The Bertz CT molecular complexity index is 433. The molecule has 1 rings (SSSR count). The highest BCUT2D eigenvalue weighted by atomic mass is 16.6. The van der Waals surface area contributed by atoms with Crippen LogP contribution in [0, 0.1) is 16.0 Å². The third-order valence-corrected chi connectivity index (χ3v) is 3.11. The van der Waals surface area contributed by atoms with Crippen LogP contribution in [0.15, 0.2) is 18.2 Å². The van der Waals surface area contributed by atoms with Gasteiger partial charge in [-0.15, -0.1) is 0 Å². The topological polar surface area (TPSA) is 67.2 Å². The second kappa shape index (κ2) is 6.97. The fourth-order valence-electron chi connectivity index (χ4n) is 2.06. The third-order valence-electron chi connectivity index (χ3n) is 3.11. The molecule has 0 heterocycles. The zero-order valence-corrected chi connectivity index (χ0v) is 12.1. The molecule has 0 saturated heterocycles. The highest BCUT2D eigenvalue weighted by Crippen LogP contribution is 2.26. The van der Waals surface area contributed by atoms with Crippen molar-refractivity contribution in [1.29, 1.82) is 0 Å². The molecule has 1 aromatic rings. The molecule has 1 unspecified atom stereocenters. The van der Waals surface area contributed by atoms with E-state index in [0.29, 0.717) is 12.0 Å². The molecule has 0 amide bonds. The third kappa shape index (κ3) is 4.43. The van der Waals surface area contributed by atoms with Gasteiger partial charge in [-0.2, -0.15) is 0 Å². The maximum Gasteiger partial charge on any atom is 0.273 e. The van der Waals surface area contributed by atoms with Crippen LogP contribution in [0.5, 0.6) is 0 Å². The van der Waals surface area contributed by atoms with Crippen molar-refractivity contribution in [2.45, 2.75) is 40.2 Å². The number of anilines is 2. The molecule has 0 spiro atoms. The molecule has 1 aromatic carbocycles. The molecule has 0 aliphatic carbocycles. The Kier molecular flexibility index (Phi) is 5.60. The number of nitro groups is 1. The lowest BCUT2D eigenvalue weighted by Gasteiger charge is -2.22. The summed E-state index contributed by atoms with van der Waals surface area (Å²) in [5.74, 6) is 0.479. The minimum Gasteiger partial charge on any atom is -0.385 e. The van der Waals surface area contributed by atoms with Crippen LogP contribution in [-0.4, -0.2) is 17.5 Å². The standard InChI is InChI=1S/C14H23N3O2/c1-5-14(10(3)4)16-12-7-11(15-6-2)8-13(9-12)17(18)19/h7-10,14-16H,5-6H2,1-4H3. The summed E-state index contributed by atoms with van der Waals surface area (Å²) in [6, 6.07) is 5.38. The lowest BCUT2D eigenvalue weighted by atomic mass is 10.0. The average Bonchev–Trinajstić information content (AvgIpc) is 2.35. The van der Waals surface area contributed by atoms with Gasteiger partial charge in [-0.3, -0.25) is 10.1 Å². The molecular weight excluding hydrogens is 242 g/mol. The lowest BCUT2D eigenvalue weighted by Crippen LogP contribution is -2.24. The van der Waals surface area contributed by atoms with E-state index in [4.69, 9.17) is 0 Å². The number of non-ortho nitro benzene ring substituents is 1. The molecule has 0 aliphatic rings. The summed E-state index contributed by atoms with van der Waals surface area (Å²) >= 11 is 0. The Morgan fingerprint density at radius 2 is 1.84 bits per heavy atom. The summed E-state index contributed by atoms with van der Waals surface area (Å²) in [5.41, 5.74) is 1.68. The van der Waals surface area contributed by atoms with E-state index < -0.39 is 0 Å². The van der Waals surface area contributed by atoms with Gasteiger partial charge in [0.2, 0.25) is 0 Å². The van der Waals surface area contributed by atoms with Crippen LogP contribution in [-0.2, 0) is 0 Å². The van der Waals surface area contributed by atoms with E-state index in [0.717, 1.165) is 24.3 Å². The maximum absolute atomic E-state index is 10.9. The first-order valence-corrected chi connectivity index (χ1v) is 6.77. The van der Waals surface area contributed by atoms with Crippen molar-refractivity contribution in [3.63, 3.8) is 0 Å². The largest absolute Gasteiger partial charge is 0.385 e. The summed E-state index contributed by atoms with van der Waals surface area (Å²) in [4.78, 5) is 10.6. The second-order valence-corrected chi connectivity index (χ2v) is 4.96. The van der Waals surface area contributed by atoms with Crippen molar-refractivity contribution in [1.82, 2.24) is 0 Å². The molecular formula is C14H23N3O2. The van der Waals surface area contributed by atoms with E-state index >= 15 is 0 Å². The molecule has 5 heteroatoms. The Morgan fingerprint density at radius 1 is 1.21 bits per heavy atom. The quantitative estimate of drug-likeness (QED) is 0.580. The van der Waals surface area contributed by atoms with Crippen molar-refractivity contribution in [2.24, 2.45) is 5.92 Å². The van der Waals surface area contributed by atoms with Gasteiger partial charge in [0, 0.05) is 36.1 Å². The van der Waals surface area contributed by atoms with Crippen LogP contribution in [0.2, 0.25) is 0 Å². The monoisotopic (exact) mass is 265 g/mol. The molecule has 0 bridgehead atoms. The summed E-state index contributed by atoms with van der Waals surface area (Å²) in [6.45, 7) is 9.10. The molecule has 0 fully saturated rings. The van der Waals surface area contributed by atoms with Crippen LogP contribution in [0.1, 0.15) is 34.1 Å². The van der Waals surface area contributed by atoms with Gasteiger partial charge in [0.25, 0.3) is 5.69 Å². The summed E-state index contributed by atoms with van der Waals surface area (Å²) in [5, 5.41) is 17.4. The Hall–Kier alpha value is -1.78. The van der Waals surface area contributed by atoms with E-state index in [1.165, 1.54) is 0 Å². The first kappa shape index (κ1) is 15.3. The zero-order valence-electron chi connectivity index (χ0n) is 12.1. The second-order valence-electron chi connectivity index (χ2n) is 4.96. The van der Waals surface area contributed by atoms with E-state index in [2.05, 4.69) is 31.4 Å². The number of nitro benzene ring substituents is 1. The molecule has 2 N–H and O–H groups in total. The van der Waals surface area contributed by atoms with E-state index in [1.54, 1.807) is 12.1 Å². The smallest absolute Gasteiger partial charge is 0.273 e. The molecule has 0 aliphatic heterocycles. The van der Waals surface area contributed by atoms with Gasteiger partial charge >= 0.3 is 0 Å². The molecule has 0 radical (unpaired) electrons. The fourth-order valence-corrected chi connectivity index (χ4v) is 2.06. The normalized spacial score (nSPS) is 12.3. The molecule has 106 valence electrons. The number of hydrogen-bond donors (Lipinski definition) is 2. The van der Waals surface area contributed by atoms with Gasteiger partial charge in [0.1, 0.15) is 0 Å². The summed E-state index contributed by atoms with van der Waals surface area (Å²) in [7, 11) is 0. The fraction of sp³-hybridized carbons (Fsp3) is 0.571. The number of hydrogen-bond acceptors (Lipinski definition) is 4. The van der Waals surface area contributed by atoms with E-state index in [1.807, 2.05) is 13.0 Å². The predicted molar refractivity (Wildman–Crippen MR) is 79.8 cm³/mol. The highest BCUT2D eigenvalue weighted by Gasteiger charge is 2.14. The summed E-state index contributed by atoms with van der Waals surface area (Å²) < 4.78 is 0. The van der Waals surface area contributed by atoms with Crippen molar-refractivity contribution in [3.8, 4) is 0 Å². The van der Waals surface area contributed by atoms with Crippen LogP contribution < -0.4 is 10.6 Å². The predicted octanol–water partition coefficient (Wildman–Crippen LogP) is 3.87. The molecule has 0 saturated carbocycles. The van der Waals surface area contributed by atoms with Gasteiger partial charge < -0.3 is 10.6 Å². The van der Waals surface area contributed by atoms with Crippen molar-refractivity contribution in [2.75, 3.05) is 17.2 Å². The number of nitrogens with zero attached hydrogens (tertiary/aromatic N) is 1. The summed E-state index contributed by atoms with van der Waals surface area (Å²) in [6.07, 6.45) is 0.983. The first-order valence-electron chi connectivity index (χ1n) is 6.77. The Labute approximate surface area is 114 Å². The van der Waals surface area contributed by atoms with Gasteiger partial charge in [-0.25, -0.2) is 0 Å². The van der Waals surface area contributed by atoms with Crippen LogP contribution >= 0.6 is 0 Å². The number of benzene rings is 1. The van der Waals surface area contributed by atoms with Gasteiger partial charge in [-0.05, 0) is 25.3 Å². The zero-order chi connectivity index (χ0) is 14.4. The van der Waals surface area contributed by atoms with E-state index in [-0.39, 0.29) is 10.6 Å². The number of nitrogens with one attached hydrogen (secondary N) is 2. The van der Waals surface area contributed by atoms with Crippen LogP contribution in [0.4, 0.5) is 17.1 Å². The van der Waals surface area contributed by atoms with Crippen molar-refractivity contribution >= 4 is 17.1 Å². The van der Waals surface area contributed by atoms with Crippen molar-refractivity contribution < 1.29 is 4.92 Å². The van der Waals surface area contributed by atoms with E-state index in [9.17, 15) is 10.1 Å². The number of rotatable bonds is 7.